The van der Waals surface area contributed by atoms with Crippen molar-refractivity contribution in [3.63, 3.8) is 0 Å². The number of nitrogens with one attached hydrogen (secondary N) is 1. The molecule has 0 aromatic heterocycles. The van der Waals surface area contributed by atoms with Crippen molar-refractivity contribution in [2.45, 2.75) is 49.8 Å². The molecular weight excluding hydrogens is 484 g/mol. The minimum absolute atomic E-state index is 0.0274. The third-order valence-corrected chi connectivity index (χ3v) is 7.96. The average Bonchev–Trinajstić information content (AvgIpc) is 2.91. The van der Waals surface area contributed by atoms with Crippen LogP contribution in [0.2, 0.25) is 0 Å². The molecule has 190 valence electrons. The summed E-state index contributed by atoms with van der Waals surface area (Å²) in [7, 11) is -4.42. The largest absolute Gasteiger partial charge is 0.368 e. The summed E-state index contributed by atoms with van der Waals surface area (Å²) < 4.78 is 28.0. The highest BCUT2D eigenvalue weighted by Crippen LogP contribution is 2.33. The lowest BCUT2D eigenvalue weighted by Crippen LogP contribution is -2.61. The van der Waals surface area contributed by atoms with Crippen molar-refractivity contribution in [3.8, 4) is 0 Å². The topological polar surface area (TPSA) is 193 Å². The van der Waals surface area contributed by atoms with Crippen LogP contribution in [0.15, 0.2) is 29.2 Å². The Labute approximate surface area is 201 Å². The quantitative estimate of drug-likeness (QED) is 0.335. The van der Waals surface area contributed by atoms with Gasteiger partial charge in [0, 0.05) is 32.0 Å². The van der Waals surface area contributed by atoms with E-state index in [1.54, 1.807) is 0 Å². The highest BCUT2D eigenvalue weighted by atomic mass is 32.2. The van der Waals surface area contributed by atoms with Gasteiger partial charge in [-0.05, 0) is 19.9 Å². The summed E-state index contributed by atoms with van der Waals surface area (Å²) in [5, 5.41) is 13.8. The zero-order valence-corrected chi connectivity index (χ0v) is 19.9. The number of hydrogen-bond acceptors (Lipinski definition) is 8. The second-order valence-corrected chi connectivity index (χ2v) is 10.1. The Kier molecular flexibility index (Phi) is 7.40. The number of para-hydroxylation sites is 1. The van der Waals surface area contributed by atoms with Crippen LogP contribution in [0.1, 0.15) is 26.7 Å². The summed E-state index contributed by atoms with van der Waals surface area (Å²) in [6.07, 6.45) is -1.33. The Balaban J connectivity index is 1.91. The first-order chi connectivity index (χ1) is 16.4. The monoisotopic (exact) mass is 510 g/mol. The number of carbonyl (C=O) groups is 4. The molecule has 0 bridgehead atoms. The molecule has 35 heavy (non-hydrogen) atoms. The summed E-state index contributed by atoms with van der Waals surface area (Å²) >= 11 is 0. The Morgan fingerprint density at radius 1 is 1.26 bits per heavy atom. The number of sulfonamides is 1. The molecule has 0 saturated carbocycles. The predicted molar refractivity (Wildman–Crippen MR) is 120 cm³/mol. The summed E-state index contributed by atoms with van der Waals surface area (Å²) in [6.45, 7) is 2.10. The molecule has 2 aliphatic rings. The molecule has 3 N–H and O–H groups in total. The van der Waals surface area contributed by atoms with Crippen LogP contribution in [-0.2, 0) is 29.2 Å². The minimum atomic E-state index is -4.42. The van der Waals surface area contributed by atoms with E-state index in [1.807, 2.05) is 0 Å². The van der Waals surface area contributed by atoms with Gasteiger partial charge in [0.1, 0.15) is 18.2 Å². The summed E-state index contributed by atoms with van der Waals surface area (Å²) in [6, 6.07) is 2.84. The molecule has 2 heterocycles. The van der Waals surface area contributed by atoms with Crippen LogP contribution in [0.3, 0.4) is 0 Å². The number of nitrogens with two attached hydrogens (primary N) is 1. The lowest BCUT2D eigenvalue weighted by atomic mass is 10.1. The number of nitro groups is 1. The van der Waals surface area contributed by atoms with Crippen LogP contribution in [-0.4, -0.2) is 89.0 Å². The van der Waals surface area contributed by atoms with Crippen molar-refractivity contribution in [1.82, 2.24) is 19.4 Å². The van der Waals surface area contributed by atoms with E-state index in [1.165, 1.54) is 30.9 Å². The maximum atomic E-state index is 13.5. The average molecular weight is 511 g/mol. The summed E-state index contributed by atoms with van der Waals surface area (Å²) in [4.78, 5) is 61.8. The Morgan fingerprint density at radius 3 is 2.54 bits per heavy atom. The van der Waals surface area contributed by atoms with Gasteiger partial charge in [-0.25, -0.2) is 8.42 Å². The zero-order valence-electron chi connectivity index (χ0n) is 19.1. The molecule has 1 aromatic rings. The van der Waals surface area contributed by atoms with E-state index >= 15 is 0 Å². The van der Waals surface area contributed by atoms with Crippen LogP contribution in [0.5, 0.6) is 0 Å². The van der Waals surface area contributed by atoms with E-state index in [-0.39, 0.29) is 25.9 Å². The van der Waals surface area contributed by atoms with Crippen LogP contribution < -0.4 is 11.1 Å². The second-order valence-electron chi connectivity index (χ2n) is 8.29. The first-order valence-electron chi connectivity index (χ1n) is 10.8. The van der Waals surface area contributed by atoms with E-state index in [4.69, 9.17) is 5.73 Å². The molecule has 1 aromatic carbocycles. The van der Waals surface area contributed by atoms with Gasteiger partial charge in [-0.1, -0.05) is 12.1 Å². The molecule has 15 heteroatoms. The molecule has 4 amide bonds. The van der Waals surface area contributed by atoms with E-state index in [0.29, 0.717) is 0 Å². The molecule has 0 aliphatic carbocycles. The van der Waals surface area contributed by atoms with Crippen molar-refractivity contribution in [1.29, 1.82) is 0 Å². The molecule has 3 rings (SSSR count). The van der Waals surface area contributed by atoms with E-state index in [2.05, 4.69) is 5.32 Å². The van der Waals surface area contributed by atoms with Gasteiger partial charge in [-0.2, -0.15) is 4.31 Å². The lowest BCUT2D eigenvalue weighted by molar-refractivity contribution is -0.387. The minimum Gasteiger partial charge on any atom is -0.368 e. The Hall–Kier alpha value is -3.59. The predicted octanol–water partition coefficient (Wildman–Crippen LogP) is -1.25. The first-order valence-corrected chi connectivity index (χ1v) is 12.2. The SMILES string of the molecule is C[C@H](NC(=O)CN1CCC2N(C(=O)CCN2S(=O)(=O)c2ccccc2[N+](=O)[O-])[C@@H](C)C1=O)C(N)=O. The molecule has 2 saturated heterocycles. The number of amides is 4. The molecule has 0 spiro atoms. The highest BCUT2D eigenvalue weighted by Gasteiger charge is 2.48. The van der Waals surface area contributed by atoms with Crippen LogP contribution in [0, 0.1) is 10.1 Å². The second kappa shape index (κ2) is 9.95. The standard InChI is InChI=1S/C20H26N6O8S/c1-12(19(21)29)22-16(27)11-23-9-7-17-24(10-8-18(28)25(17)13(2)20(23)30)35(33,34)15-6-4-3-5-14(15)26(31)32/h3-6,12-13,17H,7-11H2,1-2H3,(H2,21,29)(H,22,27)/t12-,13-,17?/m0/s1. The molecule has 2 fully saturated rings. The maximum absolute atomic E-state index is 13.5. The van der Waals surface area contributed by atoms with Gasteiger partial charge in [0.15, 0.2) is 4.90 Å². The third kappa shape index (κ3) is 5.09. The van der Waals surface area contributed by atoms with Crippen molar-refractivity contribution >= 4 is 39.3 Å². The number of nitrogens with zero attached hydrogens (tertiary/aromatic N) is 4. The van der Waals surface area contributed by atoms with Gasteiger partial charge in [-0.3, -0.25) is 29.3 Å². The lowest BCUT2D eigenvalue weighted by Gasteiger charge is -2.43. The molecular formula is C20H26N6O8S. The number of benzene rings is 1. The fourth-order valence-corrected chi connectivity index (χ4v) is 6.00. The van der Waals surface area contributed by atoms with Crippen molar-refractivity contribution in [2.24, 2.45) is 5.73 Å². The van der Waals surface area contributed by atoms with Crippen LogP contribution in [0.4, 0.5) is 5.69 Å². The van der Waals surface area contributed by atoms with Crippen molar-refractivity contribution in [3.05, 3.63) is 34.4 Å². The molecule has 2 aliphatic heterocycles. The molecule has 1 unspecified atom stereocenters. The number of nitro benzene ring substituents is 1. The van der Waals surface area contributed by atoms with Crippen LogP contribution in [0.25, 0.3) is 0 Å². The van der Waals surface area contributed by atoms with Gasteiger partial charge in [0.25, 0.3) is 15.7 Å². The number of carbonyl (C=O) groups excluding carboxylic acids is 4. The number of fused-ring (bicyclic) bond motifs is 1. The highest BCUT2D eigenvalue weighted by molar-refractivity contribution is 7.89. The summed E-state index contributed by atoms with van der Waals surface area (Å²) in [5.41, 5.74) is 4.54. The smallest absolute Gasteiger partial charge is 0.289 e. The first kappa shape index (κ1) is 26.0. The number of rotatable bonds is 7. The molecule has 3 atom stereocenters. The fourth-order valence-electron chi connectivity index (χ4n) is 4.23. The normalized spacial score (nSPS) is 22.2. The third-order valence-electron chi connectivity index (χ3n) is 6.02. The fraction of sp³-hybridized carbons (Fsp3) is 0.500. The molecule has 14 nitrogen and oxygen atoms in total. The van der Waals surface area contributed by atoms with Gasteiger partial charge >= 0.3 is 0 Å². The molecule has 0 radical (unpaired) electrons. The summed E-state index contributed by atoms with van der Waals surface area (Å²) in [5.74, 6) is -2.42. The Bertz CT molecular complexity index is 1170. The van der Waals surface area contributed by atoms with E-state index in [9.17, 15) is 37.7 Å². The van der Waals surface area contributed by atoms with E-state index < -0.39 is 74.0 Å². The van der Waals surface area contributed by atoms with Crippen LogP contribution >= 0.6 is 0 Å². The van der Waals surface area contributed by atoms with Gasteiger partial charge < -0.3 is 20.9 Å². The van der Waals surface area contributed by atoms with E-state index in [0.717, 1.165) is 21.3 Å². The number of hydrogen-bond donors (Lipinski definition) is 2. The van der Waals surface area contributed by atoms with Gasteiger partial charge in [0.2, 0.25) is 23.6 Å². The van der Waals surface area contributed by atoms with Crippen molar-refractivity contribution in [2.75, 3.05) is 19.6 Å². The van der Waals surface area contributed by atoms with Crippen molar-refractivity contribution < 1.29 is 32.5 Å². The van der Waals surface area contributed by atoms with Gasteiger partial charge in [-0.15, -0.1) is 0 Å². The zero-order chi connectivity index (χ0) is 26.1. The maximum Gasteiger partial charge on any atom is 0.289 e. The number of primary amides is 1. The van der Waals surface area contributed by atoms with Gasteiger partial charge in [0.05, 0.1) is 11.5 Å². The Morgan fingerprint density at radius 2 is 1.91 bits per heavy atom.